The summed E-state index contributed by atoms with van der Waals surface area (Å²) in [5.74, 6) is 0. The summed E-state index contributed by atoms with van der Waals surface area (Å²) in [4.78, 5) is 0. The lowest BCUT2D eigenvalue weighted by Gasteiger charge is -2.06. The van der Waals surface area contributed by atoms with Crippen molar-refractivity contribution in [3.8, 4) is 0 Å². The summed E-state index contributed by atoms with van der Waals surface area (Å²) in [5, 5.41) is 5.39. The average Bonchev–Trinajstić information content (AvgIpc) is 2.75. The highest BCUT2D eigenvalue weighted by atomic mass is 14.1. The van der Waals surface area contributed by atoms with Crippen LogP contribution in [-0.2, 0) is 0 Å². The Morgan fingerprint density at radius 2 is 1.64 bits per heavy atom. The van der Waals surface area contributed by atoms with Crippen molar-refractivity contribution in [1.29, 1.82) is 0 Å². The molecule has 0 heteroatoms. The highest BCUT2D eigenvalue weighted by molar-refractivity contribution is 5.85. The molecule has 22 heavy (non-hydrogen) atoms. The molecule has 0 fully saturated rings. The molecule has 2 bridgehead atoms. The summed E-state index contributed by atoms with van der Waals surface area (Å²) in [7, 11) is 0. The van der Waals surface area contributed by atoms with E-state index in [0.29, 0.717) is 0 Å². The molecule has 0 unspecified atom stereocenters. The molecule has 110 valence electrons. The fraction of sp³-hybridized carbons (Fsp3) is 0.182. The Morgan fingerprint density at radius 1 is 0.818 bits per heavy atom. The predicted octanol–water partition coefficient (Wildman–Crippen LogP) is 4.64. The molecule has 0 amide bonds. The van der Waals surface area contributed by atoms with Gasteiger partial charge in [-0.05, 0) is 45.2 Å². The van der Waals surface area contributed by atoms with Crippen molar-refractivity contribution in [3.05, 3.63) is 82.8 Å². The van der Waals surface area contributed by atoms with Crippen LogP contribution in [0.3, 0.4) is 0 Å². The second kappa shape index (κ2) is 6.62. The molecule has 0 saturated heterocycles. The van der Waals surface area contributed by atoms with Crippen LogP contribution in [0.25, 0.3) is 22.4 Å². The van der Waals surface area contributed by atoms with Gasteiger partial charge in [0.25, 0.3) is 0 Å². The van der Waals surface area contributed by atoms with E-state index in [1.165, 1.54) is 32.4 Å². The number of hydrogen-bond donors (Lipinski definition) is 0. The van der Waals surface area contributed by atoms with Crippen molar-refractivity contribution < 1.29 is 0 Å². The molecule has 2 aromatic carbocycles. The van der Waals surface area contributed by atoms with Crippen molar-refractivity contribution in [2.75, 3.05) is 0 Å². The van der Waals surface area contributed by atoms with Crippen LogP contribution in [0.5, 0.6) is 0 Å². The minimum absolute atomic E-state index is 1.02. The summed E-state index contributed by atoms with van der Waals surface area (Å²) in [6.07, 6.45) is 15.6. The maximum absolute atomic E-state index is 2.30. The SMILES string of the molecule is C1=C2/C=C\C/C=C\C(=c3ccc4ccccc4c3=C1)C2.CC. The van der Waals surface area contributed by atoms with Crippen LogP contribution >= 0.6 is 0 Å². The molecule has 2 aromatic rings. The zero-order valence-corrected chi connectivity index (χ0v) is 13.3. The summed E-state index contributed by atoms with van der Waals surface area (Å²) < 4.78 is 0. The van der Waals surface area contributed by atoms with E-state index in [1.54, 1.807) is 0 Å². The lowest BCUT2D eigenvalue weighted by Crippen LogP contribution is -2.26. The second-order valence-corrected chi connectivity index (χ2v) is 5.40. The maximum Gasteiger partial charge on any atom is -0.00198 e. The Balaban J connectivity index is 0.000000693. The van der Waals surface area contributed by atoms with Crippen LogP contribution in [0.1, 0.15) is 26.7 Å². The smallest absolute Gasteiger partial charge is 0.00198 e. The van der Waals surface area contributed by atoms with E-state index in [-0.39, 0.29) is 0 Å². The lowest BCUT2D eigenvalue weighted by atomic mass is 9.99. The number of rotatable bonds is 0. The van der Waals surface area contributed by atoms with E-state index in [1.807, 2.05) is 13.8 Å². The van der Waals surface area contributed by atoms with Gasteiger partial charge in [-0.1, -0.05) is 86.7 Å². The minimum Gasteiger partial charge on any atom is -0.0805 e. The first kappa shape index (κ1) is 14.6. The van der Waals surface area contributed by atoms with E-state index in [9.17, 15) is 0 Å². The molecule has 2 aliphatic rings. The maximum atomic E-state index is 2.30. The first-order chi connectivity index (χ1) is 10.9. The summed E-state index contributed by atoms with van der Waals surface area (Å²) in [5.41, 5.74) is 2.82. The van der Waals surface area contributed by atoms with Crippen molar-refractivity contribution in [2.24, 2.45) is 0 Å². The van der Waals surface area contributed by atoms with Gasteiger partial charge in [-0.2, -0.15) is 0 Å². The Hall–Kier alpha value is -2.34. The second-order valence-electron chi connectivity index (χ2n) is 5.40. The molecular formula is C22H22. The molecule has 0 saturated carbocycles. The van der Waals surface area contributed by atoms with Gasteiger partial charge in [0.15, 0.2) is 0 Å². The van der Waals surface area contributed by atoms with Crippen molar-refractivity contribution in [1.82, 2.24) is 0 Å². The Kier molecular flexibility index (Phi) is 4.39. The molecule has 4 rings (SSSR count). The Morgan fingerprint density at radius 3 is 2.55 bits per heavy atom. The van der Waals surface area contributed by atoms with Gasteiger partial charge in [0.1, 0.15) is 0 Å². The quantitative estimate of drug-likeness (QED) is 0.661. The van der Waals surface area contributed by atoms with E-state index < -0.39 is 0 Å². The van der Waals surface area contributed by atoms with Crippen LogP contribution in [-0.4, -0.2) is 0 Å². The van der Waals surface area contributed by atoms with Gasteiger partial charge in [-0.3, -0.25) is 0 Å². The zero-order chi connectivity index (χ0) is 15.4. The molecule has 0 radical (unpaired) electrons. The monoisotopic (exact) mass is 286 g/mol. The van der Waals surface area contributed by atoms with Crippen LogP contribution < -0.4 is 10.4 Å². The minimum atomic E-state index is 1.02. The van der Waals surface area contributed by atoms with Crippen LogP contribution in [0.4, 0.5) is 0 Å². The third-order valence-corrected chi connectivity index (χ3v) is 4.10. The zero-order valence-electron chi connectivity index (χ0n) is 13.3. The molecule has 0 aliphatic heterocycles. The first-order valence-electron chi connectivity index (χ1n) is 8.17. The van der Waals surface area contributed by atoms with Crippen molar-refractivity contribution in [2.45, 2.75) is 26.7 Å². The number of fused-ring (bicyclic) bond motifs is 5. The molecule has 0 N–H and O–H groups in total. The molecule has 2 aliphatic carbocycles. The largest absolute Gasteiger partial charge is 0.0805 e. The van der Waals surface area contributed by atoms with Crippen molar-refractivity contribution >= 4 is 22.4 Å². The summed E-state index contributed by atoms with van der Waals surface area (Å²) in [6, 6.07) is 13.2. The Bertz CT molecular complexity index is 889. The lowest BCUT2D eigenvalue weighted by molar-refractivity contribution is 1.25. The van der Waals surface area contributed by atoms with E-state index in [4.69, 9.17) is 0 Å². The molecule has 0 aromatic heterocycles. The fourth-order valence-electron chi connectivity index (χ4n) is 3.09. The van der Waals surface area contributed by atoms with Crippen LogP contribution in [0.2, 0.25) is 0 Å². The van der Waals surface area contributed by atoms with Gasteiger partial charge in [0.2, 0.25) is 0 Å². The summed E-state index contributed by atoms with van der Waals surface area (Å²) >= 11 is 0. The average molecular weight is 286 g/mol. The molecular weight excluding hydrogens is 264 g/mol. The van der Waals surface area contributed by atoms with E-state index >= 15 is 0 Å². The topological polar surface area (TPSA) is 0 Å². The number of allylic oxidation sites excluding steroid dienone is 6. The first-order valence-corrected chi connectivity index (χ1v) is 8.17. The molecule has 0 spiro atoms. The third kappa shape index (κ3) is 2.69. The normalized spacial score (nSPS) is 18.5. The van der Waals surface area contributed by atoms with Gasteiger partial charge >= 0.3 is 0 Å². The highest BCUT2D eigenvalue weighted by Gasteiger charge is 2.06. The van der Waals surface area contributed by atoms with Gasteiger partial charge in [-0.25, -0.2) is 0 Å². The van der Waals surface area contributed by atoms with Gasteiger partial charge < -0.3 is 0 Å². The van der Waals surface area contributed by atoms with E-state index in [2.05, 4.69) is 72.9 Å². The van der Waals surface area contributed by atoms with Crippen LogP contribution in [0, 0.1) is 0 Å². The molecule has 0 heterocycles. The summed E-state index contributed by atoms with van der Waals surface area (Å²) in [6.45, 7) is 4.00. The standard InChI is InChI=1S/C20H16.C2H6/c1-2-6-15-10-12-20-18-9-5-4-7-16(18)11-13-19(20)17(14-15)8-3-1;1-2/h2-13H,1,14H2;1-2H3/b6-2-,8-3-;. The van der Waals surface area contributed by atoms with E-state index in [0.717, 1.165) is 12.8 Å². The highest BCUT2D eigenvalue weighted by Crippen LogP contribution is 2.19. The Labute approximate surface area is 132 Å². The molecule has 0 nitrogen and oxygen atoms in total. The van der Waals surface area contributed by atoms with Gasteiger partial charge in [0, 0.05) is 0 Å². The number of hydrogen-bond acceptors (Lipinski definition) is 0. The van der Waals surface area contributed by atoms with Crippen molar-refractivity contribution in [3.63, 3.8) is 0 Å². The fourth-order valence-corrected chi connectivity index (χ4v) is 3.09. The van der Waals surface area contributed by atoms with Crippen LogP contribution in [0.15, 0.2) is 72.4 Å². The third-order valence-electron chi connectivity index (χ3n) is 4.10. The molecule has 0 atom stereocenters. The number of benzene rings is 2. The predicted molar refractivity (Wildman–Crippen MR) is 98.0 cm³/mol. The van der Waals surface area contributed by atoms with Gasteiger partial charge in [-0.15, -0.1) is 0 Å². The van der Waals surface area contributed by atoms with Gasteiger partial charge in [0.05, 0.1) is 0 Å².